The molecule has 31 heavy (non-hydrogen) atoms. The van der Waals surface area contributed by atoms with Crippen LogP contribution in [0.25, 0.3) is 11.0 Å². The zero-order valence-corrected chi connectivity index (χ0v) is 18.4. The number of carbonyl (C=O) groups excluding carboxylic acids is 1. The first-order valence-electron chi connectivity index (χ1n) is 10.4. The maximum atomic E-state index is 13.4. The van der Waals surface area contributed by atoms with Gasteiger partial charge >= 0.3 is 0 Å². The van der Waals surface area contributed by atoms with Crippen LogP contribution in [0.4, 0.5) is 0 Å². The third-order valence-electron chi connectivity index (χ3n) is 5.79. The summed E-state index contributed by atoms with van der Waals surface area (Å²) in [7, 11) is -3.19. The van der Waals surface area contributed by atoms with E-state index in [1.807, 2.05) is 37.3 Å². The van der Waals surface area contributed by atoms with Crippen LogP contribution in [0, 0.1) is 6.92 Å². The minimum Gasteiger partial charge on any atom is -0.451 e. The van der Waals surface area contributed by atoms with Crippen molar-refractivity contribution >= 4 is 26.7 Å². The Morgan fingerprint density at radius 1 is 1.10 bits per heavy atom. The normalized spacial score (nSPS) is 17.7. The molecular weight excluding hydrogens is 414 g/mol. The van der Waals surface area contributed by atoms with Gasteiger partial charge in [-0.1, -0.05) is 37.3 Å². The average Bonchev–Trinajstić information content (AvgIpc) is 3.11. The van der Waals surface area contributed by atoms with Crippen LogP contribution in [-0.2, 0) is 22.8 Å². The zero-order chi connectivity index (χ0) is 22.2. The van der Waals surface area contributed by atoms with Crippen molar-refractivity contribution in [1.29, 1.82) is 0 Å². The molecule has 2 aromatic carbocycles. The summed E-state index contributed by atoms with van der Waals surface area (Å²) in [6, 6.07) is 13.9. The lowest BCUT2D eigenvalue weighted by molar-refractivity contribution is 0.0648. The van der Waals surface area contributed by atoms with Crippen molar-refractivity contribution in [2.75, 3.05) is 11.5 Å². The molecule has 0 radical (unpaired) electrons. The molecule has 1 fully saturated rings. The summed E-state index contributed by atoms with van der Waals surface area (Å²) in [6.07, 6.45) is 1.28. The van der Waals surface area contributed by atoms with Crippen LogP contribution in [0.3, 0.4) is 0 Å². The molecule has 1 saturated heterocycles. The fourth-order valence-corrected chi connectivity index (χ4v) is 5.70. The molecule has 0 saturated carbocycles. The van der Waals surface area contributed by atoms with Gasteiger partial charge in [-0.25, -0.2) is 8.42 Å². The maximum Gasteiger partial charge on any atom is 0.290 e. The molecule has 6 nitrogen and oxygen atoms in total. The van der Waals surface area contributed by atoms with Gasteiger partial charge in [-0.2, -0.15) is 0 Å². The molecule has 1 amide bonds. The summed E-state index contributed by atoms with van der Waals surface area (Å²) >= 11 is 0. The second-order valence-corrected chi connectivity index (χ2v) is 10.4. The number of fused-ring (bicyclic) bond motifs is 1. The third kappa shape index (κ3) is 4.56. The Labute approximate surface area is 181 Å². The van der Waals surface area contributed by atoms with E-state index in [4.69, 9.17) is 4.42 Å². The van der Waals surface area contributed by atoms with Crippen molar-refractivity contribution in [1.82, 2.24) is 4.90 Å². The highest BCUT2D eigenvalue weighted by Gasteiger charge is 2.36. The van der Waals surface area contributed by atoms with Crippen LogP contribution < -0.4 is 5.43 Å². The molecule has 1 aliphatic rings. The smallest absolute Gasteiger partial charge is 0.290 e. The fraction of sp³-hybridized carbons (Fsp3) is 0.333. The summed E-state index contributed by atoms with van der Waals surface area (Å²) in [5, 5.41) is 0.410. The monoisotopic (exact) mass is 439 g/mol. The minimum absolute atomic E-state index is 0.0527. The van der Waals surface area contributed by atoms with Crippen molar-refractivity contribution in [3.05, 3.63) is 81.2 Å². The number of rotatable bonds is 5. The minimum atomic E-state index is -3.19. The van der Waals surface area contributed by atoms with Crippen molar-refractivity contribution in [2.24, 2.45) is 0 Å². The van der Waals surface area contributed by atoms with E-state index in [9.17, 15) is 18.0 Å². The highest BCUT2D eigenvalue weighted by molar-refractivity contribution is 7.91. The van der Waals surface area contributed by atoms with Crippen molar-refractivity contribution in [3.63, 3.8) is 0 Å². The number of benzene rings is 2. The lowest BCUT2D eigenvalue weighted by atomic mass is 10.1. The first kappa shape index (κ1) is 21.3. The first-order chi connectivity index (χ1) is 14.8. The number of carbonyl (C=O) groups is 1. The predicted octanol–water partition coefficient (Wildman–Crippen LogP) is 3.49. The molecule has 1 aromatic heterocycles. The van der Waals surface area contributed by atoms with E-state index in [2.05, 4.69) is 6.92 Å². The SMILES string of the molecule is CCc1ccc(CN(C(=O)c2cc(=O)c3ccc(C)cc3o2)[C@@H]2CCS(=O)(=O)C2)cc1. The Bertz CT molecular complexity index is 1290. The molecule has 162 valence electrons. The summed E-state index contributed by atoms with van der Waals surface area (Å²) in [5.74, 6) is -0.570. The van der Waals surface area contributed by atoms with Gasteiger partial charge in [-0.15, -0.1) is 0 Å². The van der Waals surface area contributed by atoms with Crippen LogP contribution in [0.1, 0.15) is 40.6 Å². The van der Waals surface area contributed by atoms with Gasteiger partial charge < -0.3 is 9.32 Å². The number of amides is 1. The Kier molecular flexibility index (Phi) is 5.71. The van der Waals surface area contributed by atoms with E-state index in [0.29, 0.717) is 17.4 Å². The van der Waals surface area contributed by atoms with E-state index < -0.39 is 21.8 Å². The van der Waals surface area contributed by atoms with Crippen LogP contribution in [0.5, 0.6) is 0 Å². The van der Waals surface area contributed by atoms with Crippen molar-refractivity contribution < 1.29 is 17.6 Å². The number of sulfone groups is 1. The number of aryl methyl sites for hydroxylation is 2. The predicted molar refractivity (Wildman–Crippen MR) is 120 cm³/mol. The van der Waals surface area contributed by atoms with Crippen LogP contribution in [0.15, 0.2) is 57.7 Å². The van der Waals surface area contributed by atoms with Gasteiger partial charge in [-0.05, 0) is 48.6 Å². The quantitative estimate of drug-likeness (QED) is 0.608. The van der Waals surface area contributed by atoms with Crippen LogP contribution >= 0.6 is 0 Å². The topological polar surface area (TPSA) is 84.7 Å². The number of nitrogens with zero attached hydrogens (tertiary/aromatic N) is 1. The Morgan fingerprint density at radius 2 is 1.81 bits per heavy atom. The van der Waals surface area contributed by atoms with E-state index in [-0.39, 0.29) is 29.2 Å². The largest absolute Gasteiger partial charge is 0.451 e. The van der Waals surface area contributed by atoms with Gasteiger partial charge in [0.05, 0.1) is 16.9 Å². The third-order valence-corrected chi connectivity index (χ3v) is 7.54. The molecule has 1 aliphatic heterocycles. The number of hydrogen-bond donors (Lipinski definition) is 0. The summed E-state index contributed by atoms with van der Waals surface area (Å²) < 4.78 is 30.0. The van der Waals surface area contributed by atoms with Gasteiger partial charge in [0, 0.05) is 18.7 Å². The Morgan fingerprint density at radius 3 is 2.45 bits per heavy atom. The van der Waals surface area contributed by atoms with Gasteiger partial charge in [0.2, 0.25) is 0 Å². The molecule has 0 spiro atoms. The molecule has 0 bridgehead atoms. The van der Waals surface area contributed by atoms with Gasteiger partial charge in [0.25, 0.3) is 5.91 Å². The lowest BCUT2D eigenvalue weighted by Crippen LogP contribution is -2.40. The molecular formula is C24H25NO5S. The molecule has 1 atom stereocenters. The summed E-state index contributed by atoms with van der Waals surface area (Å²) in [6.45, 7) is 4.19. The first-order valence-corrected chi connectivity index (χ1v) is 12.2. The van der Waals surface area contributed by atoms with E-state index >= 15 is 0 Å². The summed E-state index contributed by atoms with van der Waals surface area (Å²) in [4.78, 5) is 27.5. The van der Waals surface area contributed by atoms with E-state index in [1.165, 1.54) is 16.5 Å². The second kappa shape index (κ2) is 8.30. The molecule has 2 heterocycles. The second-order valence-electron chi connectivity index (χ2n) is 8.13. The molecule has 0 unspecified atom stereocenters. The van der Waals surface area contributed by atoms with Gasteiger partial charge in [0.1, 0.15) is 5.58 Å². The maximum absolute atomic E-state index is 13.4. The van der Waals surface area contributed by atoms with Crippen LogP contribution in [0.2, 0.25) is 0 Å². The van der Waals surface area contributed by atoms with Gasteiger partial charge in [0.15, 0.2) is 21.0 Å². The Hall–Kier alpha value is -2.93. The molecule has 3 aromatic rings. The highest BCUT2D eigenvalue weighted by Crippen LogP contribution is 2.24. The molecule has 7 heteroatoms. The number of hydrogen-bond acceptors (Lipinski definition) is 5. The highest BCUT2D eigenvalue weighted by atomic mass is 32.2. The molecule has 0 N–H and O–H groups in total. The van der Waals surface area contributed by atoms with Crippen molar-refractivity contribution in [2.45, 2.75) is 39.3 Å². The Balaban J connectivity index is 1.72. The fourth-order valence-electron chi connectivity index (χ4n) is 3.97. The standard InChI is InChI=1S/C24H25NO5S/c1-3-17-5-7-18(8-6-17)14-25(19-10-11-31(28,29)15-19)24(27)23-13-21(26)20-9-4-16(2)12-22(20)30-23/h4-9,12-13,19H,3,10-11,14-15H2,1-2H3/t19-/m1/s1. The molecule has 4 rings (SSSR count). The van der Waals surface area contributed by atoms with E-state index in [1.54, 1.807) is 12.1 Å². The molecule has 0 aliphatic carbocycles. The van der Waals surface area contributed by atoms with Gasteiger partial charge in [-0.3, -0.25) is 9.59 Å². The van der Waals surface area contributed by atoms with E-state index in [0.717, 1.165) is 17.5 Å². The summed E-state index contributed by atoms with van der Waals surface area (Å²) in [5.41, 5.74) is 3.04. The average molecular weight is 440 g/mol. The van der Waals surface area contributed by atoms with Crippen LogP contribution in [-0.4, -0.2) is 36.8 Å². The zero-order valence-electron chi connectivity index (χ0n) is 17.6. The lowest BCUT2D eigenvalue weighted by Gasteiger charge is -2.28. The van der Waals surface area contributed by atoms with Crippen molar-refractivity contribution in [3.8, 4) is 0 Å².